The van der Waals surface area contributed by atoms with Crippen LogP contribution < -0.4 is 10.6 Å². The van der Waals surface area contributed by atoms with Gasteiger partial charge in [-0.05, 0) is 36.8 Å². The molecule has 1 aromatic rings. The molecule has 0 bridgehead atoms. The van der Waals surface area contributed by atoms with Gasteiger partial charge in [0.05, 0.1) is 0 Å². The van der Waals surface area contributed by atoms with Crippen LogP contribution in [0.2, 0.25) is 0 Å². The van der Waals surface area contributed by atoms with Gasteiger partial charge in [0.2, 0.25) is 0 Å². The van der Waals surface area contributed by atoms with E-state index >= 15 is 0 Å². The van der Waals surface area contributed by atoms with Crippen LogP contribution in [0.4, 0.5) is 0 Å². The molecule has 3 nitrogen and oxygen atoms in total. The van der Waals surface area contributed by atoms with Gasteiger partial charge in [-0.25, -0.2) is 0 Å². The highest BCUT2D eigenvalue weighted by Crippen LogP contribution is 2.21. The fourth-order valence-corrected chi connectivity index (χ4v) is 2.35. The smallest absolute Gasteiger partial charge is 0.191 e. The molecule has 0 aliphatic rings. The summed E-state index contributed by atoms with van der Waals surface area (Å²) in [4.78, 5) is 5.53. The highest BCUT2D eigenvalue weighted by Gasteiger charge is 2.03. The highest BCUT2D eigenvalue weighted by atomic mass is 127. The number of benzene rings is 1. The Kier molecular flexibility index (Phi) is 10.1. The molecule has 0 unspecified atom stereocenters. The van der Waals surface area contributed by atoms with Crippen molar-refractivity contribution in [1.29, 1.82) is 0 Å². The van der Waals surface area contributed by atoms with Crippen molar-refractivity contribution in [2.75, 3.05) is 19.8 Å². The van der Waals surface area contributed by atoms with Gasteiger partial charge in [-0.15, -0.1) is 35.7 Å². The lowest BCUT2D eigenvalue weighted by atomic mass is 10.1. The summed E-state index contributed by atoms with van der Waals surface area (Å²) >= 11 is 1.79. The number of aryl methyl sites for hydroxylation is 1. The molecule has 2 N–H and O–H groups in total. The fraction of sp³-hybridized carbons (Fsp3) is 0.500. The molecule has 0 aromatic heterocycles. The molecule has 0 aliphatic carbocycles. The SMILES string of the molecule is CCCNC(=NC)NCc1ccc(C)cc1SC.I. The summed E-state index contributed by atoms with van der Waals surface area (Å²) in [6.45, 7) is 6.02. The molecule has 0 aliphatic heterocycles. The Morgan fingerprint density at radius 2 is 2.05 bits per heavy atom. The highest BCUT2D eigenvalue weighted by molar-refractivity contribution is 14.0. The molecule has 5 heteroatoms. The molecule has 108 valence electrons. The topological polar surface area (TPSA) is 36.4 Å². The van der Waals surface area contributed by atoms with Crippen molar-refractivity contribution >= 4 is 41.7 Å². The summed E-state index contributed by atoms with van der Waals surface area (Å²) in [5, 5.41) is 6.61. The number of nitrogens with zero attached hydrogens (tertiary/aromatic N) is 1. The predicted octanol–water partition coefficient (Wildman–Crippen LogP) is 3.41. The zero-order valence-corrected chi connectivity index (χ0v) is 15.3. The minimum Gasteiger partial charge on any atom is -0.356 e. The number of halogens is 1. The first-order valence-corrected chi connectivity index (χ1v) is 7.51. The first kappa shape index (κ1) is 18.6. The van der Waals surface area contributed by atoms with E-state index in [1.807, 2.05) is 0 Å². The van der Waals surface area contributed by atoms with E-state index in [-0.39, 0.29) is 24.0 Å². The van der Waals surface area contributed by atoms with E-state index in [4.69, 9.17) is 0 Å². The lowest BCUT2D eigenvalue weighted by Gasteiger charge is -2.13. The van der Waals surface area contributed by atoms with Crippen LogP contribution in [0.5, 0.6) is 0 Å². The van der Waals surface area contributed by atoms with Crippen molar-refractivity contribution in [2.24, 2.45) is 4.99 Å². The van der Waals surface area contributed by atoms with Crippen LogP contribution in [-0.4, -0.2) is 25.8 Å². The number of nitrogens with one attached hydrogen (secondary N) is 2. The van der Waals surface area contributed by atoms with Crippen LogP contribution in [0.25, 0.3) is 0 Å². The zero-order valence-electron chi connectivity index (χ0n) is 12.1. The van der Waals surface area contributed by atoms with Crippen LogP contribution in [0, 0.1) is 6.92 Å². The molecule has 0 saturated carbocycles. The quantitative estimate of drug-likeness (QED) is 0.348. The van der Waals surface area contributed by atoms with Crippen molar-refractivity contribution in [3.8, 4) is 0 Å². The summed E-state index contributed by atoms with van der Waals surface area (Å²) in [5.74, 6) is 0.865. The minimum absolute atomic E-state index is 0. The van der Waals surface area contributed by atoms with Crippen molar-refractivity contribution in [1.82, 2.24) is 10.6 Å². The van der Waals surface area contributed by atoms with Crippen molar-refractivity contribution in [2.45, 2.75) is 31.7 Å². The van der Waals surface area contributed by atoms with Crippen LogP contribution in [0.15, 0.2) is 28.1 Å². The number of guanidine groups is 1. The standard InChI is InChI=1S/C14H23N3S.HI/c1-5-8-16-14(15-3)17-10-12-7-6-11(2)9-13(12)18-4;/h6-7,9H,5,8,10H2,1-4H3,(H2,15,16,17);1H. The monoisotopic (exact) mass is 393 g/mol. The van der Waals surface area contributed by atoms with Gasteiger partial charge in [0, 0.05) is 25.0 Å². The maximum Gasteiger partial charge on any atom is 0.191 e. The van der Waals surface area contributed by atoms with E-state index in [2.05, 4.69) is 53.9 Å². The van der Waals surface area contributed by atoms with Crippen LogP contribution in [0.1, 0.15) is 24.5 Å². The number of thioether (sulfide) groups is 1. The van der Waals surface area contributed by atoms with E-state index < -0.39 is 0 Å². The number of hydrogen-bond acceptors (Lipinski definition) is 2. The molecule has 19 heavy (non-hydrogen) atoms. The Morgan fingerprint density at radius 3 is 2.63 bits per heavy atom. The van der Waals surface area contributed by atoms with E-state index in [9.17, 15) is 0 Å². The van der Waals surface area contributed by atoms with Crippen LogP contribution in [-0.2, 0) is 6.54 Å². The van der Waals surface area contributed by atoms with E-state index in [0.717, 1.165) is 25.5 Å². The number of hydrogen-bond donors (Lipinski definition) is 2. The molecule has 0 amide bonds. The first-order valence-electron chi connectivity index (χ1n) is 6.29. The van der Waals surface area contributed by atoms with Gasteiger partial charge in [-0.1, -0.05) is 19.1 Å². The van der Waals surface area contributed by atoms with E-state index in [1.165, 1.54) is 16.0 Å². The summed E-state index contributed by atoms with van der Waals surface area (Å²) in [6.07, 6.45) is 3.21. The largest absolute Gasteiger partial charge is 0.356 e. The van der Waals surface area contributed by atoms with Gasteiger partial charge < -0.3 is 10.6 Å². The molecular weight excluding hydrogens is 369 g/mol. The summed E-state index contributed by atoms with van der Waals surface area (Å²) in [5.41, 5.74) is 2.61. The van der Waals surface area contributed by atoms with Gasteiger partial charge in [-0.3, -0.25) is 4.99 Å². The van der Waals surface area contributed by atoms with Gasteiger partial charge >= 0.3 is 0 Å². The summed E-state index contributed by atoms with van der Waals surface area (Å²) in [7, 11) is 1.80. The lowest BCUT2D eigenvalue weighted by Crippen LogP contribution is -2.37. The van der Waals surface area contributed by atoms with Gasteiger partial charge in [0.15, 0.2) is 5.96 Å². The second kappa shape index (κ2) is 10.4. The van der Waals surface area contributed by atoms with Gasteiger partial charge in [-0.2, -0.15) is 0 Å². The second-order valence-electron chi connectivity index (χ2n) is 4.17. The van der Waals surface area contributed by atoms with Crippen LogP contribution >= 0.6 is 35.7 Å². The fourth-order valence-electron chi connectivity index (χ4n) is 1.64. The van der Waals surface area contributed by atoms with Crippen molar-refractivity contribution < 1.29 is 0 Å². The number of rotatable bonds is 5. The predicted molar refractivity (Wildman–Crippen MR) is 96.9 cm³/mol. The summed E-state index contributed by atoms with van der Waals surface area (Å²) in [6, 6.07) is 6.56. The third kappa shape index (κ3) is 6.51. The van der Waals surface area contributed by atoms with Crippen molar-refractivity contribution in [3.63, 3.8) is 0 Å². The van der Waals surface area contributed by atoms with Gasteiger partial charge in [0.25, 0.3) is 0 Å². The normalized spacial score (nSPS) is 10.8. The molecule has 1 aromatic carbocycles. The Labute approximate surface area is 138 Å². The van der Waals surface area contributed by atoms with Crippen LogP contribution in [0.3, 0.4) is 0 Å². The first-order chi connectivity index (χ1) is 8.71. The third-order valence-corrected chi connectivity index (χ3v) is 3.47. The Hall–Kier alpha value is -0.430. The Balaban J connectivity index is 0.00000324. The minimum atomic E-state index is 0. The van der Waals surface area contributed by atoms with E-state index in [1.54, 1.807) is 18.8 Å². The summed E-state index contributed by atoms with van der Waals surface area (Å²) < 4.78 is 0. The molecule has 1 rings (SSSR count). The van der Waals surface area contributed by atoms with Gasteiger partial charge in [0.1, 0.15) is 0 Å². The maximum atomic E-state index is 4.20. The molecule has 0 spiro atoms. The third-order valence-electron chi connectivity index (χ3n) is 2.65. The molecule has 0 heterocycles. The molecule has 0 radical (unpaired) electrons. The average molecular weight is 393 g/mol. The van der Waals surface area contributed by atoms with Crippen molar-refractivity contribution in [3.05, 3.63) is 29.3 Å². The second-order valence-corrected chi connectivity index (χ2v) is 5.02. The molecule has 0 saturated heterocycles. The average Bonchev–Trinajstić information content (AvgIpc) is 2.40. The zero-order chi connectivity index (χ0) is 13.4. The van der Waals surface area contributed by atoms with E-state index in [0.29, 0.717) is 0 Å². The number of aliphatic imine (C=N–C) groups is 1. The molecule has 0 atom stereocenters. The molecule has 0 fully saturated rings. The molecular formula is C14H24IN3S. The maximum absolute atomic E-state index is 4.20. The lowest BCUT2D eigenvalue weighted by molar-refractivity contribution is 0.777. The Morgan fingerprint density at radius 1 is 1.32 bits per heavy atom. The Bertz CT molecular complexity index is 408.